The summed E-state index contributed by atoms with van der Waals surface area (Å²) in [6.45, 7) is 1.25. The van der Waals surface area contributed by atoms with Gasteiger partial charge >= 0.3 is 0 Å². The summed E-state index contributed by atoms with van der Waals surface area (Å²) in [6, 6.07) is 5.56. The number of fused-ring (bicyclic) bond motifs is 2. The zero-order valence-corrected chi connectivity index (χ0v) is 15.8. The van der Waals surface area contributed by atoms with Crippen LogP contribution in [-0.4, -0.2) is 41.6 Å². The van der Waals surface area contributed by atoms with E-state index in [0.717, 1.165) is 11.1 Å². The molecular weight excluding hydrogens is 378 g/mol. The molecule has 0 aliphatic heterocycles. The molecule has 0 unspecified atom stereocenters. The number of nitrogens with zero attached hydrogens (tertiary/aromatic N) is 6. The third-order valence-corrected chi connectivity index (χ3v) is 5.49. The van der Waals surface area contributed by atoms with Gasteiger partial charge < -0.3 is 16.0 Å². The van der Waals surface area contributed by atoms with Crippen LogP contribution in [0.25, 0.3) is 27.9 Å². The fourth-order valence-electron chi connectivity index (χ4n) is 4.02. The minimum Gasteiger partial charge on any atom is -0.328 e. The molecule has 0 saturated heterocycles. The van der Waals surface area contributed by atoms with E-state index < -0.39 is 18.5 Å². The predicted octanol–water partition coefficient (Wildman–Crippen LogP) is 1.99. The van der Waals surface area contributed by atoms with E-state index in [2.05, 4.69) is 20.1 Å². The molecule has 150 valence electrons. The van der Waals surface area contributed by atoms with Crippen LogP contribution in [0.4, 0.5) is 8.78 Å². The SMILES string of the molecule is Cc1nc2ccc(-c3ccn4nc(C5(N)CC(N)C5)ncc34)nc2n1CC(F)F. The van der Waals surface area contributed by atoms with Crippen molar-refractivity contribution in [3.8, 4) is 11.3 Å². The van der Waals surface area contributed by atoms with E-state index in [1.54, 1.807) is 23.7 Å². The third kappa shape index (κ3) is 2.87. The Balaban J connectivity index is 1.57. The maximum atomic E-state index is 13.0. The minimum atomic E-state index is -2.48. The number of rotatable bonds is 4. The van der Waals surface area contributed by atoms with Crippen LogP contribution in [0.1, 0.15) is 24.5 Å². The molecule has 8 nitrogen and oxygen atoms in total. The summed E-state index contributed by atoms with van der Waals surface area (Å²) in [5.41, 5.74) is 14.8. The average Bonchev–Trinajstić information content (AvgIpc) is 3.20. The van der Waals surface area contributed by atoms with Gasteiger partial charge in [-0.1, -0.05) is 0 Å². The summed E-state index contributed by atoms with van der Waals surface area (Å²) in [6.07, 6.45) is 2.34. The molecule has 1 aliphatic carbocycles. The second-order valence-electron chi connectivity index (χ2n) is 7.67. The van der Waals surface area contributed by atoms with Gasteiger partial charge in [-0.2, -0.15) is 5.10 Å². The first-order valence-corrected chi connectivity index (χ1v) is 9.36. The maximum Gasteiger partial charge on any atom is 0.256 e. The molecule has 0 atom stereocenters. The molecule has 5 rings (SSSR count). The summed E-state index contributed by atoms with van der Waals surface area (Å²) in [5, 5.41) is 4.55. The van der Waals surface area contributed by atoms with Gasteiger partial charge in [0.2, 0.25) is 0 Å². The first-order valence-electron chi connectivity index (χ1n) is 9.36. The van der Waals surface area contributed by atoms with Crippen molar-refractivity contribution in [2.75, 3.05) is 0 Å². The fourth-order valence-corrected chi connectivity index (χ4v) is 4.02. The van der Waals surface area contributed by atoms with E-state index in [-0.39, 0.29) is 6.04 Å². The number of nitrogens with two attached hydrogens (primary N) is 2. The molecule has 0 aromatic carbocycles. The number of pyridine rings is 1. The molecule has 4 N–H and O–H groups in total. The van der Waals surface area contributed by atoms with Crippen molar-refractivity contribution in [3.05, 3.63) is 42.2 Å². The van der Waals surface area contributed by atoms with Gasteiger partial charge in [-0.25, -0.2) is 28.2 Å². The zero-order valence-electron chi connectivity index (χ0n) is 15.8. The van der Waals surface area contributed by atoms with Crippen LogP contribution < -0.4 is 11.5 Å². The lowest BCUT2D eigenvalue weighted by Gasteiger charge is -2.41. The summed E-state index contributed by atoms with van der Waals surface area (Å²) >= 11 is 0. The van der Waals surface area contributed by atoms with E-state index >= 15 is 0 Å². The highest BCUT2D eigenvalue weighted by Crippen LogP contribution is 2.36. The highest BCUT2D eigenvalue weighted by molar-refractivity contribution is 5.82. The molecule has 4 heterocycles. The first kappa shape index (κ1) is 18.1. The number of imidazole rings is 1. The normalized spacial score (nSPS) is 21.9. The van der Waals surface area contributed by atoms with E-state index in [9.17, 15) is 8.78 Å². The molecule has 0 bridgehead atoms. The van der Waals surface area contributed by atoms with Gasteiger partial charge in [0.05, 0.1) is 29.5 Å². The molecule has 0 spiro atoms. The predicted molar refractivity (Wildman–Crippen MR) is 103 cm³/mol. The van der Waals surface area contributed by atoms with Gasteiger partial charge in [-0.15, -0.1) is 0 Å². The molecule has 1 saturated carbocycles. The molecule has 4 aromatic rings. The van der Waals surface area contributed by atoms with Crippen LogP contribution in [0.15, 0.2) is 30.6 Å². The van der Waals surface area contributed by atoms with Crippen molar-refractivity contribution in [3.63, 3.8) is 0 Å². The smallest absolute Gasteiger partial charge is 0.256 e. The highest BCUT2D eigenvalue weighted by atomic mass is 19.3. The number of halogens is 2. The van der Waals surface area contributed by atoms with Crippen LogP contribution in [0.3, 0.4) is 0 Å². The van der Waals surface area contributed by atoms with Crippen LogP contribution in [0, 0.1) is 6.92 Å². The molecule has 0 radical (unpaired) electrons. The summed E-state index contributed by atoms with van der Waals surface area (Å²) in [5.74, 6) is 1.06. The molecule has 1 aliphatic rings. The number of aromatic nitrogens is 6. The van der Waals surface area contributed by atoms with Gasteiger partial charge in [0, 0.05) is 17.8 Å². The summed E-state index contributed by atoms with van der Waals surface area (Å²) < 4.78 is 29.1. The van der Waals surface area contributed by atoms with Gasteiger partial charge in [0.1, 0.15) is 11.3 Å². The van der Waals surface area contributed by atoms with Crippen molar-refractivity contribution < 1.29 is 8.78 Å². The number of aryl methyl sites for hydroxylation is 1. The average molecular weight is 398 g/mol. The Bertz CT molecular complexity index is 1220. The minimum absolute atomic E-state index is 0.0806. The Morgan fingerprint density at radius 3 is 2.76 bits per heavy atom. The van der Waals surface area contributed by atoms with Gasteiger partial charge in [0.25, 0.3) is 6.43 Å². The highest BCUT2D eigenvalue weighted by Gasteiger charge is 2.43. The Morgan fingerprint density at radius 2 is 2.03 bits per heavy atom. The standard InChI is InChI=1S/C19H20F2N8/c1-10-25-14-3-2-13(26-17(14)28(10)9-16(20)21)12-4-5-29-15(12)8-24-18(27-29)19(23)6-11(22)7-19/h2-5,8,11,16H,6-7,9,22-23H2,1H3. The quantitative estimate of drug-likeness (QED) is 0.544. The largest absolute Gasteiger partial charge is 0.328 e. The van der Waals surface area contributed by atoms with Crippen molar-refractivity contribution in [2.45, 2.75) is 44.3 Å². The maximum absolute atomic E-state index is 13.0. The lowest BCUT2D eigenvalue weighted by molar-refractivity contribution is 0.127. The molecule has 10 heteroatoms. The van der Waals surface area contributed by atoms with E-state index in [1.165, 1.54) is 4.57 Å². The summed E-state index contributed by atoms with van der Waals surface area (Å²) in [7, 11) is 0. The number of hydrogen-bond acceptors (Lipinski definition) is 6. The van der Waals surface area contributed by atoms with Crippen molar-refractivity contribution in [1.29, 1.82) is 0 Å². The van der Waals surface area contributed by atoms with Crippen LogP contribution in [0.2, 0.25) is 0 Å². The monoisotopic (exact) mass is 398 g/mol. The fraction of sp³-hybridized carbons (Fsp3) is 0.368. The summed E-state index contributed by atoms with van der Waals surface area (Å²) in [4.78, 5) is 13.4. The second-order valence-corrected chi connectivity index (χ2v) is 7.67. The zero-order chi connectivity index (χ0) is 20.3. The van der Waals surface area contributed by atoms with E-state index in [0.29, 0.717) is 41.3 Å². The molecule has 4 aromatic heterocycles. The van der Waals surface area contributed by atoms with Gasteiger partial charge in [-0.3, -0.25) is 0 Å². The van der Waals surface area contributed by atoms with E-state index in [4.69, 9.17) is 11.5 Å². The van der Waals surface area contributed by atoms with Gasteiger partial charge in [-0.05, 0) is 38.0 Å². The van der Waals surface area contributed by atoms with Crippen molar-refractivity contribution >= 4 is 16.7 Å². The topological polar surface area (TPSA) is 113 Å². The Kier molecular flexibility index (Phi) is 3.90. The molecule has 29 heavy (non-hydrogen) atoms. The van der Waals surface area contributed by atoms with Gasteiger partial charge in [0.15, 0.2) is 11.5 Å². The molecular formula is C19H20F2N8. The van der Waals surface area contributed by atoms with Crippen LogP contribution in [0.5, 0.6) is 0 Å². The number of alkyl halides is 2. The Morgan fingerprint density at radius 1 is 1.24 bits per heavy atom. The van der Waals surface area contributed by atoms with Crippen LogP contribution in [-0.2, 0) is 12.1 Å². The Hall–Kier alpha value is -2.98. The van der Waals surface area contributed by atoms with Crippen molar-refractivity contribution in [2.24, 2.45) is 11.5 Å². The molecule has 0 amide bonds. The van der Waals surface area contributed by atoms with Crippen LogP contribution >= 0.6 is 0 Å². The second kappa shape index (κ2) is 6.26. The Labute approximate surface area is 164 Å². The molecule has 1 fully saturated rings. The lowest BCUT2D eigenvalue weighted by atomic mass is 9.73. The van der Waals surface area contributed by atoms with Crippen molar-refractivity contribution in [1.82, 2.24) is 29.1 Å². The number of hydrogen-bond donors (Lipinski definition) is 2. The van der Waals surface area contributed by atoms with E-state index in [1.807, 2.05) is 18.3 Å². The third-order valence-electron chi connectivity index (χ3n) is 5.49. The lowest BCUT2D eigenvalue weighted by Crippen LogP contribution is -2.56. The first-order chi connectivity index (χ1) is 13.8.